The van der Waals surface area contributed by atoms with E-state index in [1.54, 1.807) is 23.1 Å². The maximum atomic E-state index is 12.5. The van der Waals surface area contributed by atoms with E-state index < -0.39 is 0 Å². The van der Waals surface area contributed by atoms with Gasteiger partial charge in [0.05, 0.1) is 23.0 Å². The lowest BCUT2D eigenvalue weighted by molar-refractivity contribution is 0.411. The van der Waals surface area contributed by atoms with Crippen molar-refractivity contribution in [2.75, 3.05) is 11.4 Å². The van der Waals surface area contributed by atoms with Gasteiger partial charge in [-0.2, -0.15) is 0 Å². The molecule has 0 fully saturated rings. The Bertz CT molecular complexity index is 1200. The fraction of sp³-hybridized carbons (Fsp3) is 0.150. The van der Waals surface area contributed by atoms with Crippen LogP contribution in [0.4, 0.5) is 5.69 Å². The predicted octanol–water partition coefficient (Wildman–Crippen LogP) is 4.07. The van der Waals surface area contributed by atoms with E-state index in [1.165, 1.54) is 0 Å². The van der Waals surface area contributed by atoms with E-state index >= 15 is 0 Å². The highest BCUT2D eigenvalue weighted by Gasteiger charge is 2.31. The third-order valence-electron chi connectivity index (χ3n) is 4.65. The molecule has 4 rings (SSSR count). The molecule has 27 heavy (non-hydrogen) atoms. The maximum absolute atomic E-state index is 12.5. The van der Waals surface area contributed by atoms with E-state index in [-0.39, 0.29) is 35.1 Å². The van der Waals surface area contributed by atoms with E-state index in [0.717, 1.165) is 21.3 Å². The molecule has 3 aromatic rings. The molecule has 0 atom stereocenters. The maximum Gasteiger partial charge on any atom is 0.259 e. The second kappa shape index (κ2) is 6.35. The second-order valence-electron chi connectivity index (χ2n) is 6.62. The minimum absolute atomic E-state index is 0.0135. The molecule has 0 saturated heterocycles. The molecule has 7 heteroatoms. The van der Waals surface area contributed by atoms with Crippen LogP contribution in [0.3, 0.4) is 0 Å². The number of nitrogens with zero attached hydrogens (tertiary/aromatic N) is 2. The first-order chi connectivity index (χ1) is 12.8. The molecule has 0 amide bonds. The zero-order chi connectivity index (χ0) is 19.3. The summed E-state index contributed by atoms with van der Waals surface area (Å²) in [5.41, 5.74) is 3.44. The summed E-state index contributed by atoms with van der Waals surface area (Å²) in [6.45, 7) is 4.15. The van der Waals surface area contributed by atoms with Crippen molar-refractivity contribution in [2.24, 2.45) is 0 Å². The molecule has 3 N–H and O–H groups in total. The highest BCUT2D eigenvalue weighted by molar-refractivity contribution is 9.10. The van der Waals surface area contributed by atoms with Crippen LogP contribution >= 0.6 is 15.9 Å². The van der Waals surface area contributed by atoms with E-state index in [0.29, 0.717) is 10.9 Å². The highest BCUT2D eigenvalue weighted by Crippen LogP contribution is 2.32. The number of fused-ring (bicyclic) bond motifs is 1. The zero-order valence-corrected chi connectivity index (χ0v) is 16.4. The average molecular weight is 425 g/mol. The summed E-state index contributed by atoms with van der Waals surface area (Å²) in [5, 5.41) is 19.5. The van der Waals surface area contributed by atoms with Gasteiger partial charge in [0.1, 0.15) is 17.4 Å². The monoisotopic (exact) mass is 424 g/mol. The highest BCUT2D eigenvalue weighted by atomic mass is 79.9. The number of aromatic nitrogens is 2. The molecular weight excluding hydrogens is 408 g/mol. The van der Waals surface area contributed by atoms with Crippen LogP contribution in [0.1, 0.15) is 17.0 Å². The molecule has 0 radical (unpaired) electrons. The minimum Gasteiger partial charge on any atom is -0.509 e. The number of aromatic amines is 1. The Morgan fingerprint density at radius 3 is 2.74 bits per heavy atom. The Morgan fingerprint density at radius 1 is 1.22 bits per heavy atom. The molecule has 0 spiro atoms. The number of hydrogen-bond acceptors (Lipinski definition) is 4. The van der Waals surface area contributed by atoms with Crippen LogP contribution in [0.15, 0.2) is 51.4 Å². The summed E-state index contributed by atoms with van der Waals surface area (Å²) >= 11 is 3.35. The lowest BCUT2D eigenvalue weighted by atomic mass is 10.1. The van der Waals surface area contributed by atoms with Gasteiger partial charge in [0, 0.05) is 10.2 Å². The standard InChI is InChI=1S/C20H17BrN4O2/c1-10-3-6-15(11(2)7-10)25-9-16(26)17(18(25)22)19-23-14-5-4-12(21)8-13(14)20(27)24-19/h3-8,22,26H,9H2,1-2H3,(H,23,24,27). The molecule has 2 aromatic carbocycles. The van der Waals surface area contributed by atoms with Gasteiger partial charge in [0.25, 0.3) is 5.56 Å². The Morgan fingerprint density at radius 2 is 2.00 bits per heavy atom. The van der Waals surface area contributed by atoms with E-state index in [9.17, 15) is 9.90 Å². The van der Waals surface area contributed by atoms with Crippen LogP contribution in [-0.2, 0) is 0 Å². The van der Waals surface area contributed by atoms with Gasteiger partial charge in [0.15, 0.2) is 0 Å². The van der Waals surface area contributed by atoms with Gasteiger partial charge in [0.2, 0.25) is 0 Å². The van der Waals surface area contributed by atoms with Crippen molar-refractivity contribution in [3.8, 4) is 0 Å². The number of benzene rings is 2. The number of rotatable bonds is 2. The van der Waals surface area contributed by atoms with Crippen LogP contribution in [0.5, 0.6) is 0 Å². The minimum atomic E-state index is -0.311. The van der Waals surface area contributed by atoms with Crippen LogP contribution in [0.25, 0.3) is 16.5 Å². The summed E-state index contributed by atoms with van der Waals surface area (Å²) < 4.78 is 0.784. The topological polar surface area (TPSA) is 93.1 Å². The number of hydrogen-bond donors (Lipinski definition) is 3. The molecule has 6 nitrogen and oxygen atoms in total. The Labute approximate surface area is 163 Å². The molecule has 0 saturated carbocycles. The number of amidine groups is 1. The average Bonchev–Trinajstić information content (AvgIpc) is 2.90. The fourth-order valence-electron chi connectivity index (χ4n) is 3.37. The van der Waals surface area contributed by atoms with Crippen molar-refractivity contribution in [2.45, 2.75) is 13.8 Å². The lowest BCUT2D eigenvalue weighted by Gasteiger charge is -2.21. The van der Waals surface area contributed by atoms with Crippen LogP contribution in [0.2, 0.25) is 0 Å². The van der Waals surface area contributed by atoms with Crippen molar-refractivity contribution in [3.05, 3.63) is 73.9 Å². The molecule has 136 valence electrons. The van der Waals surface area contributed by atoms with Gasteiger partial charge in [-0.05, 0) is 43.7 Å². The molecular formula is C20H17BrN4O2. The van der Waals surface area contributed by atoms with E-state index in [4.69, 9.17) is 5.41 Å². The first-order valence-electron chi connectivity index (χ1n) is 8.41. The third kappa shape index (κ3) is 2.94. The first-order valence-corrected chi connectivity index (χ1v) is 9.20. The van der Waals surface area contributed by atoms with Gasteiger partial charge < -0.3 is 15.0 Å². The van der Waals surface area contributed by atoms with Gasteiger partial charge >= 0.3 is 0 Å². The molecule has 0 bridgehead atoms. The SMILES string of the molecule is Cc1ccc(N2CC(O)=C(c3nc4ccc(Br)cc4c(=O)[nH]3)C2=N)c(C)c1. The molecule has 1 aromatic heterocycles. The van der Waals surface area contributed by atoms with Gasteiger partial charge in [-0.3, -0.25) is 10.2 Å². The summed E-state index contributed by atoms with van der Waals surface area (Å²) in [7, 11) is 0. The van der Waals surface area contributed by atoms with Crippen LogP contribution in [0, 0.1) is 19.3 Å². The third-order valence-corrected chi connectivity index (χ3v) is 5.14. The Hall–Kier alpha value is -2.93. The van der Waals surface area contributed by atoms with E-state index in [1.807, 2.05) is 32.0 Å². The lowest BCUT2D eigenvalue weighted by Crippen LogP contribution is -2.27. The zero-order valence-electron chi connectivity index (χ0n) is 14.8. The number of nitrogens with one attached hydrogen (secondary N) is 2. The quantitative estimate of drug-likeness (QED) is 0.577. The number of aryl methyl sites for hydroxylation is 2. The van der Waals surface area contributed by atoms with Gasteiger partial charge in [-0.15, -0.1) is 0 Å². The number of halogens is 1. The van der Waals surface area contributed by atoms with Crippen LogP contribution in [-0.4, -0.2) is 27.5 Å². The summed E-state index contributed by atoms with van der Waals surface area (Å²) in [6.07, 6.45) is 0. The number of aliphatic hydroxyl groups is 1. The van der Waals surface area contributed by atoms with Gasteiger partial charge in [-0.25, -0.2) is 4.98 Å². The molecule has 0 unspecified atom stereocenters. The molecule has 0 aliphatic carbocycles. The fourth-order valence-corrected chi connectivity index (χ4v) is 3.73. The van der Waals surface area contributed by atoms with Crippen molar-refractivity contribution in [1.29, 1.82) is 5.41 Å². The molecule has 1 aliphatic heterocycles. The summed E-state index contributed by atoms with van der Waals surface area (Å²) in [4.78, 5) is 21.3. The predicted molar refractivity (Wildman–Crippen MR) is 111 cm³/mol. The number of aliphatic hydroxyl groups excluding tert-OH is 1. The smallest absolute Gasteiger partial charge is 0.259 e. The van der Waals surface area contributed by atoms with E-state index in [2.05, 4.69) is 25.9 Å². The second-order valence-corrected chi connectivity index (χ2v) is 7.54. The Balaban J connectivity index is 1.79. The number of anilines is 1. The number of H-pyrrole nitrogens is 1. The largest absolute Gasteiger partial charge is 0.509 e. The van der Waals surface area contributed by atoms with Crippen molar-refractivity contribution < 1.29 is 5.11 Å². The van der Waals surface area contributed by atoms with Crippen molar-refractivity contribution in [3.63, 3.8) is 0 Å². The van der Waals surface area contributed by atoms with Crippen molar-refractivity contribution in [1.82, 2.24) is 9.97 Å². The summed E-state index contributed by atoms with van der Waals surface area (Å²) in [5.74, 6) is 0.322. The Kier molecular flexibility index (Phi) is 4.11. The molecule has 1 aliphatic rings. The first kappa shape index (κ1) is 17.5. The van der Waals surface area contributed by atoms with Crippen molar-refractivity contribution >= 4 is 43.9 Å². The summed E-state index contributed by atoms with van der Waals surface area (Å²) in [6, 6.07) is 11.2. The normalized spacial score (nSPS) is 14.5. The van der Waals surface area contributed by atoms with Crippen LogP contribution < -0.4 is 10.5 Å². The van der Waals surface area contributed by atoms with Gasteiger partial charge in [-0.1, -0.05) is 33.6 Å². The molecule has 2 heterocycles.